The maximum atomic E-state index is 6.16. The summed E-state index contributed by atoms with van der Waals surface area (Å²) in [4.78, 5) is 1.02. The van der Waals surface area contributed by atoms with Gasteiger partial charge in [-0.1, -0.05) is 22.0 Å². The van der Waals surface area contributed by atoms with Gasteiger partial charge in [-0.25, -0.2) is 0 Å². The van der Waals surface area contributed by atoms with Crippen molar-refractivity contribution in [1.82, 2.24) is 0 Å². The first-order valence-corrected chi connectivity index (χ1v) is 6.07. The molecule has 72 valence electrons. The number of hydrogen-bond donors (Lipinski definition) is 1. The van der Waals surface area contributed by atoms with E-state index in [2.05, 4.69) is 54.5 Å². The van der Waals surface area contributed by atoms with Gasteiger partial charge in [-0.3, -0.25) is 0 Å². The van der Waals surface area contributed by atoms with E-state index in [4.69, 9.17) is 11.6 Å². The van der Waals surface area contributed by atoms with Crippen molar-refractivity contribution >= 4 is 40.2 Å². The molecule has 0 radical (unpaired) electrons. The summed E-state index contributed by atoms with van der Waals surface area (Å²) in [5.74, 6) is 0. The molecule has 0 amide bonds. The highest BCUT2D eigenvalue weighted by molar-refractivity contribution is 9.09. The third kappa shape index (κ3) is 2.64. The average molecular weight is 280 g/mol. The predicted octanol–water partition coefficient (Wildman–Crippen LogP) is 4.27. The molecule has 13 heavy (non-hydrogen) atoms. The van der Waals surface area contributed by atoms with E-state index < -0.39 is 0 Å². The van der Waals surface area contributed by atoms with E-state index in [-0.39, 0.29) is 5.38 Å². The maximum Gasteiger partial charge on any atom is 0.0685 e. The molecule has 1 aromatic carbocycles. The van der Waals surface area contributed by atoms with Crippen LogP contribution in [0.3, 0.4) is 0 Å². The SMILES string of the molecule is Cc1cc(S)c(C)c(C(Cl)CBr)c1. The molecule has 0 aliphatic carbocycles. The monoisotopic (exact) mass is 278 g/mol. The Labute approximate surface area is 98.2 Å². The van der Waals surface area contributed by atoms with Crippen molar-refractivity contribution in [2.45, 2.75) is 24.1 Å². The molecule has 0 aliphatic rings. The number of aryl methyl sites for hydroxylation is 1. The summed E-state index contributed by atoms with van der Waals surface area (Å²) in [6.45, 7) is 4.11. The van der Waals surface area contributed by atoms with Crippen molar-refractivity contribution in [1.29, 1.82) is 0 Å². The van der Waals surface area contributed by atoms with Gasteiger partial charge in [0.25, 0.3) is 0 Å². The van der Waals surface area contributed by atoms with E-state index in [1.807, 2.05) is 0 Å². The van der Waals surface area contributed by atoms with Gasteiger partial charge in [0.2, 0.25) is 0 Å². The molecule has 0 aromatic heterocycles. The molecule has 1 atom stereocenters. The van der Waals surface area contributed by atoms with E-state index in [9.17, 15) is 0 Å². The van der Waals surface area contributed by atoms with Crippen LogP contribution in [0.1, 0.15) is 22.1 Å². The molecule has 0 fully saturated rings. The minimum absolute atomic E-state index is 0.0331. The molecule has 0 N–H and O–H groups in total. The van der Waals surface area contributed by atoms with Crippen LogP contribution in [0.4, 0.5) is 0 Å². The van der Waals surface area contributed by atoms with Crippen LogP contribution in [0.5, 0.6) is 0 Å². The third-order valence-corrected chi connectivity index (χ3v) is 3.91. The van der Waals surface area contributed by atoms with Crippen molar-refractivity contribution < 1.29 is 0 Å². The highest BCUT2D eigenvalue weighted by atomic mass is 79.9. The van der Waals surface area contributed by atoms with Crippen LogP contribution in [0.25, 0.3) is 0 Å². The minimum atomic E-state index is 0.0331. The van der Waals surface area contributed by atoms with Gasteiger partial charge in [-0.05, 0) is 36.6 Å². The normalized spacial score (nSPS) is 13.0. The van der Waals surface area contributed by atoms with Gasteiger partial charge in [0.1, 0.15) is 0 Å². The van der Waals surface area contributed by atoms with Crippen molar-refractivity contribution in [2.24, 2.45) is 0 Å². The maximum absolute atomic E-state index is 6.16. The Bertz CT molecular complexity index is 312. The average Bonchev–Trinajstić information content (AvgIpc) is 2.10. The molecule has 1 rings (SSSR count). The summed E-state index contributed by atoms with van der Waals surface area (Å²) in [5.41, 5.74) is 3.55. The number of thiol groups is 1. The Morgan fingerprint density at radius 3 is 2.62 bits per heavy atom. The van der Waals surface area contributed by atoms with Gasteiger partial charge in [-0.15, -0.1) is 24.2 Å². The third-order valence-electron chi connectivity index (χ3n) is 2.04. The first-order valence-electron chi connectivity index (χ1n) is 4.06. The lowest BCUT2D eigenvalue weighted by molar-refractivity contribution is 1.05. The van der Waals surface area contributed by atoms with Crippen LogP contribution < -0.4 is 0 Å². The number of rotatable bonds is 2. The van der Waals surface area contributed by atoms with Gasteiger partial charge < -0.3 is 0 Å². The number of halogens is 2. The summed E-state index contributed by atoms with van der Waals surface area (Å²) >= 11 is 13.9. The molecule has 0 nitrogen and oxygen atoms in total. The smallest absolute Gasteiger partial charge is 0.0685 e. The number of benzene rings is 1. The first-order chi connectivity index (χ1) is 6.06. The molecule has 1 unspecified atom stereocenters. The predicted molar refractivity (Wildman–Crippen MR) is 65.6 cm³/mol. The van der Waals surface area contributed by atoms with Gasteiger partial charge in [-0.2, -0.15) is 0 Å². The standard InChI is InChI=1S/C10H12BrClS/c1-6-3-8(9(12)5-11)7(2)10(13)4-6/h3-4,9,13H,5H2,1-2H3. The highest BCUT2D eigenvalue weighted by Crippen LogP contribution is 2.30. The largest absolute Gasteiger partial charge is 0.143 e. The molecular formula is C10H12BrClS. The van der Waals surface area contributed by atoms with Gasteiger partial charge in [0, 0.05) is 10.2 Å². The van der Waals surface area contributed by atoms with Crippen molar-refractivity contribution in [3.05, 3.63) is 28.8 Å². The second-order valence-corrected chi connectivity index (χ2v) is 4.78. The molecular weight excluding hydrogens is 268 g/mol. The van der Waals surface area contributed by atoms with Gasteiger partial charge in [0.15, 0.2) is 0 Å². The quantitative estimate of drug-likeness (QED) is 0.607. The fraction of sp³-hybridized carbons (Fsp3) is 0.400. The summed E-state index contributed by atoms with van der Waals surface area (Å²) in [7, 11) is 0. The summed E-state index contributed by atoms with van der Waals surface area (Å²) in [5, 5.41) is 0.803. The molecule has 0 bridgehead atoms. The van der Waals surface area contributed by atoms with Crippen molar-refractivity contribution in [2.75, 3.05) is 5.33 Å². The van der Waals surface area contributed by atoms with E-state index in [0.29, 0.717) is 0 Å². The zero-order valence-corrected chi connectivity index (χ0v) is 10.9. The van der Waals surface area contributed by atoms with Crippen LogP contribution in [-0.2, 0) is 0 Å². The molecule has 0 saturated heterocycles. The fourth-order valence-electron chi connectivity index (χ4n) is 1.28. The number of hydrogen-bond acceptors (Lipinski definition) is 1. The van der Waals surface area contributed by atoms with Crippen LogP contribution in [0.2, 0.25) is 0 Å². The van der Waals surface area contributed by atoms with E-state index in [1.54, 1.807) is 0 Å². The van der Waals surface area contributed by atoms with Crippen LogP contribution in [0.15, 0.2) is 17.0 Å². The lowest BCUT2D eigenvalue weighted by Gasteiger charge is -2.12. The van der Waals surface area contributed by atoms with Crippen LogP contribution in [-0.4, -0.2) is 5.33 Å². The molecule has 0 spiro atoms. The van der Waals surface area contributed by atoms with E-state index in [0.717, 1.165) is 10.2 Å². The molecule has 3 heteroatoms. The van der Waals surface area contributed by atoms with Crippen LogP contribution in [0, 0.1) is 13.8 Å². The summed E-state index contributed by atoms with van der Waals surface area (Å²) in [6, 6.07) is 4.17. The van der Waals surface area contributed by atoms with Gasteiger partial charge in [0.05, 0.1) is 5.38 Å². The van der Waals surface area contributed by atoms with Gasteiger partial charge >= 0.3 is 0 Å². The molecule has 0 aliphatic heterocycles. The lowest BCUT2D eigenvalue weighted by Crippen LogP contribution is -1.97. The Morgan fingerprint density at radius 2 is 2.08 bits per heavy atom. The molecule has 0 saturated carbocycles. The topological polar surface area (TPSA) is 0 Å². The molecule has 0 heterocycles. The Hall–Kier alpha value is 0.340. The summed E-state index contributed by atoms with van der Waals surface area (Å²) < 4.78 is 0. The summed E-state index contributed by atoms with van der Waals surface area (Å²) in [6.07, 6.45) is 0. The van der Waals surface area contributed by atoms with Crippen molar-refractivity contribution in [3.63, 3.8) is 0 Å². The van der Waals surface area contributed by atoms with E-state index >= 15 is 0 Å². The second kappa shape index (κ2) is 4.72. The molecule has 1 aromatic rings. The highest BCUT2D eigenvalue weighted by Gasteiger charge is 2.11. The minimum Gasteiger partial charge on any atom is -0.143 e. The van der Waals surface area contributed by atoms with Crippen molar-refractivity contribution in [3.8, 4) is 0 Å². The lowest BCUT2D eigenvalue weighted by atomic mass is 10.0. The zero-order valence-electron chi connectivity index (χ0n) is 7.64. The first kappa shape index (κ1) is 11.4. The Kier molecular flexibility index (Phi) is 4.14. The zero-order chi connectivity index (χ0) is 10.0. The second-order valence-electron chi connectivity index (χ2n) is 3.12. The number of alkyl halides is 2. The van der Waals surface area contributed by atoms with Crippen LogP contribution >= 0.6 is 40.2 Å². The fourth-order valence-corrected chi connectivity index (χ4v) is 2.18. The Balaban J connectivity index is 3.20. The van der Waals surface area contributed by atoms with E-state index in [1.165, 1.54) is 16.7 Å². The Morgan fingerprint density at radius 1 is 1.46 bits per heavy atom.